The Morgan fingerprint density at radius 3 is 2.65 bits per heavy atom. The molecule has 0 saturated carbocycles. The third-order valence-electron chi connectivity index (χ3n) is 5.96. The number of aryl methyl sites for hydroxylation is 2. The summed E-state index contributed by atoms with van der Waals surface area (Å²) in [5, 5.41) is 7.64. The van der Waals surface area contributed by atoms with Gasteiger partial charge in [-0.25, -0.2) is 14.4 Å². The second kappa shape index (κ2) is 11.4. The van der Waals surface area contributed by atoms with E-state index in [4.69, 9.17) is 4.74 Å². The largest absolute Gasteiger partial charge is 0.494 e. The van der Waals surface area contributed by atoms with Gasteiger partial charge in [0.05, 0.1) is 25.0 Å². The van der Waals surface area contributed by atoms with Crippen molar-refractivity contribution in [3.8, 4) is 5.75 Å². The van der Waals surface area contributed by atoms with E-state index in [0.29, 0.717) is 42.4 Å². The monoisotopic (exact) mass is 486 g/mol. The van der Waals surface area contributed by atoms with Crippen LogP contribution in [0.4, 0.5) is 16.0 Å². The molecule has 0 unspecified atom stereocenters. The fraction of sp³-hybridized carbons (Fsp3) is 0.417. The molecule has 1 aliphatic rings. The molecule has 0 spiro atoms. The SMILES string of the molecule is CCC(=O)c1cc(CCc2cnc(Nc3cnn([C@H]4CCN(C)C4)c3)nc2)c(F)c(OC)c1.S. The number of Topliss-reactive ketones (excluding diaryl/α,β-unsaturated/α-hetero) is 1. The van der Waals surface area contributed by atoms with Crippen LogP contribution in [0.15, 0.2) is 36.9 Å². The summed E-state index contributed by atoms with van der Waals surface area (Å²) in [7, 11) is 3.52. The van der Waals surface area contributed by atoms with Crippen molar-refractivity contribution in [3.05, 3.63) is 59.4 Å². The van der Waals surface area contributed by atoms with Crippen LogP contribution in [0.3, 0.4) is 0 Å². The molecule has 4 rings (SSSR count). The number of likely N-dealkylation sites (N-methyl/N-ethyl adjacent to an activating group) is 1. The summed E-state index contributed by atoms with van der Waals surface area (Å²) < 4.78 is 21.8. The van der Waals surface area contributed by atoms with Crippen LogP contribution in [0.5, 0.6) is 5.75 Å². The summed E-state index contributed by atoms with van der Waals surface area (Å²) in [4.78, 5) is 23.1. The molecule has 0 aliphatic carbocycles. The Labute approximate surface area is 206 Å². The van der Waals surface area contributed by atoms with E-state index in [1.165, 1.54) is 13.2 Å². The lowest BCUT2D eigenvalue weighted by Crippen LogP contribution is -2.16. The summed E-state index contributed by atoms with van der Waals surface area (Å²) in [6, 6.07) is 3.46. The van der Waals surface area contributed by atoms with E-state index < -0.39 is 5.82 Å². The first-order valence-corrected chi connectivity index (χ1v) is 11.2. The van der Waals surface area contributed by atoms with E-state index in [1.807, 2.05) is 10.9 Å². The first kappa shape index (κ1) is 25.6. The van der Waals surface area contributed by atoms with Gasteiger partial charge in [0.2, 0.25) is 5.95 Å². The number of ketones is 1. The number of carbonyl (C=O) groups excluding carboxylic acids is 1. The summed E-state index contributed by atoms with van der Waals surface area (Å²) in [6.45, 7) is 3.85. The lowest BCUT2D eigenvalue weighted by molar-refractivity contribution is 0.0987. The number of nitrogens with one attached hydrogen (secondary N) is 1. The number of likely N-dealkylation sites (tertiary alicyclic amines) is 1. The molecule has 0 bridgehead atoms. The van der Waals surface area contributed by atoms with Gasteiger partial charge in [-0.1, -0.05) is 6.92 Å². The quantitative estimate of drug-likeness (QED) is 0.459. The summed E-state index contributed by atoms with van der Waals surface area (Å²) in [6.07, 6.45) is 9.59. The number of hydrogen-bond acceptors (Lipinski definition) is 7. The predicted molar refractivity (Wildman–Crippen MR) is 134 cm³/mol. The molecule has 1 aliphatic heterocycles. The number of methoxy groups -OCH3 is 1. The standard InChI is InChI=1S/C24H29FN6O2.H2S/c1-4-21(32)18-9-17(23(25)22(10-18)33-3)6-5-16-11-26-24(27-12-16)29-19-13-28-31(14-19)20-7-8-30(2)15-20;/h9-14,20H,4-8,15H2,1-3H3,(H,26,27,29);1H2/t20-;/m0./s1. The van der Waals surface area contributed by atoms with E-state index in [-0.39, 0.29) is 25.0 Å². The molecule has 1 saturated heterocycles. The van der Waals surface area contributed by atoms with Gasteiger partial charge in [0.1, 0.15) is 0 Å². The molecule has 1 N–H and O–H groups in total. The maximum absolute atomic E-state index is 14.7. The van der Waals surface area contributed by atoms with Crippen molar-refractivity contribution < 1.29 is 13.9 Å². The average Bonchev–Trinajstić information content (AvgIpc) is 3.47. The number of benzene rings is 1. The van der Waals surface area contributed by atoms with Crippen LogP contribution < -0.4 is 10.1 Å². The Bertz CT molecular complexity index is 1120. The van der Waals surface area contributed by atoms with E-state index >= 15 is 0 Å². The highest BCUT2D eigenvalue weighted by atomic mass is 32.1. The summed E-state index contributed by atoms with van der Waals surface area (Å²) >= 11 is 0. The second-order valence-corrected chi connectivity index (χ2v) is 8.38. The average molecular weight is 487 g/mol. The molecule has 0 radical (unpaired) electrons. The maximum Gasteiger partial charge on any atom is 0.227 e. The predicted octanol–water partition coefficient (Wildman–Crippen LogP) is 3.93. The number of rotatable bonds is 9. The van der Waals surface area contributed by atoms with Crippen molar-refractivity contribution in [3.63, 3.8) is 0 Å². The van der Waals surface area contributed by atoms with Crippen molar-refractivity contribution in [1.29, 1.82) is 0 Å². The van der Waals surface area contributed by atoms with Crippen molar-refractivity contribution in [1.82, 2.24) is 24.6 Å². The van der Waals surface area contributed by atoms with Crippen LogP contribution in [0.1, 0.15) is 47.3 Å². The topological polar surface area (TPSA) is 85.2 Å². The van der Waals surface area contributed by atoms with Crippen molar-refractivity contribution in [2.45, 2.75) is 38.6 Å². The highest BCUT2D eigenvalue weighted by Crippen LogP contribution is 2.25. The Morgan fingerprint density at radius 2 is 2.00 bits per heavy atom. The second-order valence-electron chi connectivity index (χ2n) is 8.38. The molecule has 34 heavy (non-hydrogen) atoms. The van der Waals surface area contributed by atoms with E-state index in [9.17, 15) is 9.18 Å². The number of ether oxygens (including phenoxy) is 1. The number of hydrogen-bond donors (Lipinski definition) is 1. The molecule has 1 fully saturated rings. The Balaban J connectivity index is 0.00000324. The fourth-order valence-corrected chi connectivity index (χ4v) is 4.04. The third-order valence-corrected chi connectivity index (χ3v) is 5.96. The molecule has 0 amide bonds. The number of aromatic nitrogens is 4. The maximum atomic E-state index is 14.7. The highest BCUT2D eigenvalue weighted by Gasteiger charge is 2.21. The van der Waals surface area contributed by atoms with Gasteiger partial charge in [0.15, 0.2) is 17.3 Å². The Morgan fingerprint density at radius 1 is 1.24 bits per heavy atom. The first-order chi connectivity index (χ1) is 16.0. The van der Waals surface area contributed by atoms with Crippen LogP contribution in [-0.4, -0.2) is 57.7 Å². The number of halogens is 1. The molecule has 182 valence electrons. The van der Waals surface area contributed by atoms with E-state index in [1.54, 1.807) is 31.6 Å². The molecule has 1 atom stereocenters. The number of carbonyl (C=O) groups is 1. The number of anilines is 2. The highest BCUT2D eigenvalue weighted by molar-refractivity contribution is 7.59. The van der Waals surface area contributed by atoms with Gasteiger partial charge in [-0.15, -0.1) is 0 Å². The van der Waals surface area contributed by atoms with Crippen molar-refractivity contribution >= 4 is 30.9 Å². The van der Waals surface area contributed by atoms with Gasteiger partial charge in [-0.05, 0) is 56.1 Å². The Hall–Kier alpha value is -2.98. The van der Waals surface area contributed by atoms with Crippen LogP contribution in [0.25, 0.3) is 0 Å². The first-order valence-electron chi connectivity index (χ1n) is 11.2. The van der Waals surface area contributed by atoms with Gasteiger partial charge in [-0.3, -0.25) is 9.48 Å². The molecule has 10 heteroatoms. The summed E-state index contributed by atoms with van der Waals surface area (Å²) in [5.74, 6) is 0.0848. The molecule has 3 heterocycles. The normalized spacial score (nSPS) is 15.7. The minimum atomic E-state index is -0.435. The van der Waals surface area contributed by atoms with Gasteiger partial charge in [-0.2, -0.15) is 18.6 Å². The zero-order chi connectivity index (χ0) is 23.4. The van der Waals surface area contributed by atoms with Gasteiger partial charge >= 0.3 is 0 Å². The van der Waals surface area contributed by atoms with E-state index in [2.05, 4.69) is 32.3 Å². The van der Waals surface area contributed by atoms with Crippen LogP contribution in [-0.2, 0) is 12.8 Å². The minimum Gasteiger partial charge on any atom is -0.494 e. The lowest BCUT2D eigenvalue weighted by Gasteiger charge is -2.11. The fourth-order valence-electron chi connectivity index (χ4n) is 4.04. The van der Waals surface area contributed by atoms with Crippen LogP contribution in [0.2, 0.25) is 0 Å². The smallest absolute Gasteiger partial charge is 0.227 e. The van der Waals surface area contributed by atoms with Crippen LogP contribution in [0, 0.1) is 5.82 Å². The van der Waals surface area contributed by atoms with Gasteiger partial charge < -0.3 is 15.0 Å². The molecule has 2 aromatic heterocycles. The molecule has 1 aromatic carbocycles. The molecular weight excluding hydrogens is 455 g/mol. The minimum absolute atomic E-state index is 0. The van der Waals surface area contributed by atoms with E-state index in [0.717, 1.165) is 30.8 Å². The van der Waals surface area contributed by atoms with Crippen molar-refractivity contribution in [2.24, 2.45) is 0 Å². The van der Waals surface area contributed by atoms with Gasteiger partial charge in [0, 0.05) is 37.1 Å². The molecule has 3 aromatic rings. The lowest BCUT2D eigenvalue weighted by atomic mass is 10.00. The zero-order valence-corrected chi connectivity index (χ0v) is 20.7. The van der Waals surface area contributed by atoms with Crippen LogP contribution >= 0.6 is 13.5 Å². The summed E-state index contributed by atoms with van der Waals surface area (Å²) in [5.41, 5.74) is 2.62. The molecule has 8 nitrogen and oxygen atoms in total. The zero-order valence-electron chi connectivity index (χ0n) is 19.7. The number of nitrogens with zero attached hydrogens (tertiary/aromatic N) is 5. The Kier molecular flexibility index (Phi) is 8.62. The van der Waals surface area contributed by atoms with Gasteiger partial charge in [0.25, 0.3) is 0 Å². The molecular formula is C24H31FN6O2S. The van der Waals surface area contributed by atoms with Crippen molar-refractivity contribution in [2.75, 3.05) is 32.6 Å². The third kappa shape index (κ3) is 5.92.